The summed E-state index contributed by atoms with van der Waals surface area (Å²) >= 11 is 18.3. The van der Waals surface area contributed by atoms with E-state index in [4.69, 9.17) is 34.8 Å². The van der Waals surface area contributed by atoms with E-state index in [-0.39, 0.29) is 11.9 Å². The highest BCUT2D eigenvalue weighted by atomic mass is 35.5. The largest absolute Gasteiger partial charge is 0.309 e. The molecule has 0 spiro atoms. The van der Waals surface area contributed by atoms with Gasteiger partial charge in [0.1, 0.15) is 5.82 Å². The summed E-state index contributed by atoms with van der Waals surface area (Å²) in [5, 5.41) is 4.61. The summed E-state index contributed by atoms with van der Waals surface area (Å²) in [6.07, 6.45) is 0. The summed E-state index contributed by atoms with van der Waals surface area (Å²) in [7, 11) is 1.78. The van der Waals surface area contributed by atoms with Crippen LogP contribution in [0.1, 0.15) is 17.2 Å². The Hall–Kier alpha value is -0.800. The zero-order valence-corrected chi connectivity index (χ0v) is 12.3. The minimum atomic E-state index is -0.374. The maximum atomic E-state index is 13.1. The fourth-order valence-corrected chi connectivity index (χ4v) is 2.63. The Morgan fingerprint density at radius 1 is 0.947 bits per heavy atom. The van der Waals surface area contributed by atoms with Gasteiger partial charge in [-0.25, -0.2) is 4.39 Å². The lowest BCUT2D eigenvalue weighted by molar-refractivity contribution is 0.623. The summed E-state index contributed by atoms with van der Waals surface area (Å²) in [4.78, 5) is 0. The van der Waals surface area contributed by atoms with Gasteiger partial charge in [0, 0.05) is 15.1 Å². The average molecular weight is 319 g/mol. The van der Waals surface area contributed by atoms with Crippen molar-refractivity contribution in [1.82, 2.24) is 5.32 Å². The molecule has 1 atom stereocenters. The van der Waals surface area contributed by atoms with Crippen LogP contribution in [0, 0.1) is 5.82 Å². The van der Waals surface area contributed by atoms with Crippen molar-refractivity contribution in [2.45, 2.75) is 6.04 Å². The molecule has 19 heavy (non-hydrogen) atoms. The van der Waals surface area contributed by atoms with Gasteiger partial charge in [-0.05, 0) is 48.5 Å². The first-order valence-corrected chi connectivity index (χ1v) is 6.73. The Morgan fingerprint density at radius 3 is 2.32 bits per heavy atom. The first kappa shape index (κ1) is 14.6. The monoisotopic (exact) mass is 317 g/mol. The van der Waals surface area contributed by atoms with Crippen LogP contribution in [0.3, 0.4) is 0 Å². The van der Waals surface area contributed by atoms with Crippen molar-refractivity contribution in [3.63, 3.8) is 0 Å². The third-order valence-electron chi connectivity index (χ3n) is 2.83. The topological polar surface area (TPSA) is 12.0 Å². The van der Waals surface area contributed by atoms with E-state index in [2.05, 4.69) is 5.32 Å². The van der Waals surface area contributed by atoms with Crippen LogP contribution >= 0.6 is 34.8 Å². The van der Waals surface area contributed by atoms with E-state index >= 15 is 0 Å². The molecule has 1 nitrogen and oxygen atoms in total. The Bertz CT molecular complexity index is 601. The second kappa shape index (κ2) is 6.10. The maximum Gasteiger partial charge on any atom is 0.124 e. The van der Waals surface area contributed by atoms with Crippen LogP contribution < -0.4 is 5.32 Å². The van der Waals surface area contributed by atoms with E-state index < -0.39 is 0 Å². The van der Waals surface area contributed by atoms with E-state index in [0.717, 1.165) is 11.1 Å². The second-order valence-corrected chi connectivity index (χ2v) is 5.30. The van der Waals surface area contributed by atoms with Gasteiger partial charge in [0.05, 0.1) is 6.04 Å². The number of rotatable bonds is 3. The summed E-state index contributed by atoms with van der Waals surface area (Å²) in [5.41, 5.74) is 1.54. The van der Waals surface area contributed by atoms with Crippen LogP contribution in [0.2, 0.25) is 15.1 Å². The molecule has 0 saturated heterocycles. The lowest BCUT2D eigenvalue weighted by atomic mass is 9.98. The molecular weight excluding hydrogens is 308 g/mol. The molecule has 0 aliphatic rings. The van der Waals surface area contributed by atoms with Gasteiger partial charge < -0.3 is 5.32 Å². The van der Waals surface area contributed by atoms with E-state index in [0.29, 0.717) is 15.1 Å². The van der Waals surface area contributed by atoms with Crippen LogP contribution in [-0.4, -0.2) is 7.05 Å². The molecular formula is C14H11Cl3FN. The molecule has 2 rings (SSSR count). The standard InChI is InChI=1S/C14H11Cl3FN/c1-19-14(10-4-3-9(18)7-13(10)17)11-6-8(15)2-5-12(11)16/h2-7,14,19H,1H3. The van der Waals surface area contributed by atoms with Gasteiger partial charge in [-0.3, -0.25) is 0 Å². The quantitative estimate of drug-likeness (QED) is 0.830. The van der Waals surface area contributed by atoms with E-state index in [1.165, 1.54) is 12.1 Å². The molecule has 2 aromatic carbocycles. The highest BCUT2D eigenvalue weighted by molar-refractivity contribution is 6.34. The van der Waals surface area contributed by atoms with Gasteiger partial charge >= 0.3 is 0 Å². The maximum absolute atomic E-state index is 13.1. The lowest BCUT2D eigenvalue weighted by Gasteiger charge is -2.20. The van der Waals surface area contributed by atoms with E-state index in [1.807, 2.05) is 0 Å². The third kappa shape index (κ3) is 3.21. The van der Waals surface area contributed by atoms with Crippen molar-refractivity contribution >= 4 is 34.8 Å². The smallest absolute Gasteiger partial charge is 0.124 e. The predicted molar refractivity (Wildman–Crippen MR) is 78.8 cm³/mol. The number of hydrogen-bond acceptors (Lipinski definition) is 1. The van der Waals surface area contributed by atoms with Crippen LogP contribution in [0.25, 0.3) is 0 Å². The molecule has 0 aromatic heterocycles. The Kier molecular flexibility index (Phi) is 4.69. The number of hydrogen-bond donors (Lipinski definition) is 1. The minimum Gasteiger partial charge on any atom is -0.309 e. The summed E-state index contributed by atoms with van der Waals surface area (Å²) in [5.74, 6) is -0.374. The molecule has 0 aliphatic carbocycles. The first-order chi connectivity index (χ1) is 9.02. The van der Waals surface area contributed by atoms with Gasteiger partial charge in [0.25, 0.3) is 0 Å². The number of halogens is 4. The molecule has 5 heteroatoms. The number of benzene rings is 2. The summed E-state index contributed by atoms with van der Waals surface area (Å²) < 4.78 is 13.1. The zero-order valence-electron chi connectivity index (χ0n) is 10.1. The van der Waals surface area contributed by atoms with Crippen LogP contribution in [-0.2, 0) is 0 Å². The van der Waals surface area contributed by atoms with Gasteiger partial charge in [0.15, 0.2) is 0 Å². The molecule has 0 amide bonds. The molecule has 0 radical (unpaired) electrons. The van der Waals surface area contributed by atoms with Crippen molar-refractivity contribution in [3.05, 3.63) is 68.4 Å². The average Bonchev–Trinajstić information content (AvgIpc) is 2.36. The fourth-order valence-electron chi connectivity index (χ4n) is 1.95. The van der Waals surface area contributed by atoms with Gasteiger partial charge in [-0.2, -0.15) is 0 Å². The lowest BCUT2D eigenvalue weighted by Crippen LogP contribution is -2.18. The fraction of sp³-hybridized carbons (Fsp3) is 0.143. The SMILES string of the molecule is CNC(c1ccc(F)cc1Cl)c1cc(Cl)ccc1Cl. The van der Waals surface area contributed by atoms with Crippen molar-refractivity contribution in [2.75, 3.05) is 7.05 Å². The molecule has 1 N–H and O–H groups in total. The van der Waals surface area contributed by atoms with Gasteiger partial charge in [-0.1, -0.05) is 40.9 Å². The molecule has 2 aromatic rings. The Balaban J connectivity index is 2.52. The Labute approximate surface area is 126 Å². The van der Waals surface area contributed by atoms with Gasteiger partial charge in [-0.15, -0.1) is 0 Å². The van der Waals surface area contributed by atoms with E-state index in [9.17, 15) is 4.39 Å². The third-order valence-corrected chi connectivity index (χ3v) is 3.74. The molecule has 0 heterocycles. The van der Waals surface area contributed by atoms with Crippen LogP contribution in [0.4, 0.5) is 4.39 Å². The molecule has 1 unspecified atom stereocenters. The Morgan fingerprint density at radius 2 is 1.68 bits per heavy atom. The molecule has 0 fully saturated rings. The normalized spacial score (nSPS) is 12.5. The molecule has 100 valence electrons. The van der Waals surface area contributed by atoms with Gasteiger partial charge in [0.2, 0.25) is 0 Å². The summed E-state index contributed by atoms with van der Waals surface area (Å²) in [6.45, 7) is 0. The van der Waals surface area contributed by atoms with Crippen molar-refractivity contribution < 1.29 is 4.39 Å². The van der Waals surface area contributed by atoms with Crippen molar-refractivity contribution in [1.29, 1.82) is 0 Å². The molecule has 0 saturated carbocycles. The second-order valence-electron chi connectivity index (χ2n) is 4.05. The minimum absolute atomic E-state index is 0.251. The van der Waals surface area contributed by atoms with Crippen LogP contribution in [0.5, 0.6) is 0 Å². The molecule has 0 aliphatic heterocycles. The highest BCUT2D eigenvalue weighted by Gasteiger charge is 2.18. The predicted octanol–water partition coefficient (Wildman–Crippen LogP) is 5.09. The van der Waals surface area contributed by atoms with Crippen molar-refractivity contribution in [2.24, 2.45) is 0 Å². The molecule has 0 bridgehead atoms. The highest BCUT2D eigenvalue weighted by Crippen LogP contribution is 2.33. The van der Waals surface area contributed by atoms with E-state index in [1.54, 1.807) is 31.3 Å². The zero-order chi connectivity index (χ0) is 14.0. The first-order valence-electron chi connectivity index (χ1n) is 5.60. The van der Waals surface area contributed by atoms with Crippen LogP contribution in [0.15, 0.2) is 36.4 Å². The summed E-state index contributed by atoms with van der Waals surface area (Å²) in [6, 6.07) is 9.23. The van der Waals surface area contributed by atoms with Crippen molar-refractivity contribution in [3.8, 4) is 0 Å². The number of nitrogens with one attached hydrogen (secondary N) is 1.